The molecule has 1 amide bonds. The Morgan fingerprint density at radius 3 is 2.35 bits per heavy atom. The predicted molar refractivity (Wildman–Crippen MR) is 121 cm³/mol. The SMILES string of the molecule is N#Cc1ccc(CNC(=O)CN2CC3CN(CCCOc4c(F)cccc4F)CC(C2)O3)cc1. The Hall–Kier alpha value is -3.06. The maximum atomic E-state index is 13.6. The molecule has 2 aliphatic heterocycles. The van der Waals surface area contributed by atoms with E-state index in [1.54, 1.807) is 12.1 Å². The van der Waals surface area contributed by atoms with Crippen molar-refractivity contribution >= 4 is 5.91 Å². The molecule has 9 heteroatoms. The van der Waals surface area contributed by atoms with Gasteiger partial charge in [-0.25, -0.2) is 8.78 Å². The highest BCUT2D eigenvalue weighted by Crippen LogP contribution is 2.22. The Kier molecular flexibility index (Phi) is 8.06. The Morgan fingerprint density at radius 1 is 1.06 bits per heavy atom. The summed E-state index contributed by atoms with van der Waals surface area (Å²) < 4.78 is 38.6. The molecule has 2 bridgehead atoms. The minimum absolute atomic E-state index is 0.0174. The monoisotopic (exact) mass is 470 g/mol. The Bertz CT molecular complexity index is 994. The number of morpholine rings is 2. The fourth-order valence-electron chi connectivity index (χ4n) is 4.41. The number of fused-ring (bicyclic) bond motifs is 2. The second-order valence-electron chi connectivity index (χ2n) is 8.67. The van der Waals surface area contributed by atoms with Crippen LogP contribution in [0.2, 0.25) is 0 Å². The summed E-state index contributed by atoms with van der Waals surface area (Å²) in [4.78, 5) is 16.8. The molecule has 7 nitrogen and oxygen atoms in total. The van der Waals surface area contributed by atoms with Gasteiger partial charge in [0.25, 0.3) is 0 Å². The third-order valence-corrected chi connectivity index (χ3v) is 5.96. The molecule has 0 spiro atoms. The van der Waals surface area contributed by atoms with E-state index in [0.717, 1.165) is 25.2 Å². The largest absolute Gasteiger partial charge is 0.488 e. The zero-order chi connectivity index (χ0) is 23.9. The predicted octanol–water partition coefficient (Wildman–Crippen LogP) is 2.31. The average Bonchev–Trinajstić information content (AvgIpc) is 2.82. The third-order valence-electron chi connectivity index (χ3n) is 5.96. The van der Waals surface area contributed by atoms with Crippen molar-refractivity contribution in [3.8, 4) is 11.8 Å². The quantitative estimate of drug-likeness (QED) is 0.567. The maximum absolute atomic E-state index is 13.6. The zero-order valence-corrected chi connectivity index (χ0v) is 18.9. The van der Waals surface area contributed by atoms with E-state index in [1.807, 2.05) is 12.1 Å². The molecule has 1 N–H and O–H groups in total. The summed E-state index contributed by atoms with van der Waals surface area (Å²) in [6, 6.07) is 12.9. The highest BCUT2D eigenvalue weighted by molar-refractivity contribution is 5.78. The third kappa shape index (κ3) is 6.50. The number of ether oxygens (including phenoxy) is 2. The van der Waals surface area contributed by atoms with Crippen LogP contribution in [0.1, 0.15) is 17.5 Å². The molecule has 2 aromatic rings. The summed E-state index contributed by atoms with van der Waals surface area (Å²) in [7, 11) is 0. The van der Waals surface area contributed by atoms with E-state index < -0.39 is 11.6 Å². The maximum Gasteiger partial charge on any atom is 0.234 e. The number of carbonyl (C=O) groups excluding carboxylic acids is 1. The van der Waals surface area contributed by atoms with E-state index in [0.29, 0.717) is 38.2 Å². The van der Waals surface area contributed by atoms with Crippen LogP contribution in [0, 0.1) is 23.0 Å². The molecule has 2 fully saturated rings. The number of carbonyl (C=O) groups is 1. The molecule has 180 valence electrons. The highest BCUT2D eigenvalue weighted by Gasteiger charge is 2.35. The summed E-state index contributed by atoms with van der Waals surface area (Å²) in [5.74, 6) is -1.75. The number of halogens is 2. The van der Waals surface area contributed by atoms with Gasteiger partial charge in [-0.05, 0) is 36.2 Å². The van der Waals surface area contributed by atoms with Crippen LogP contribution in [0.15, 0.2) is 42.5 Å². The van der Waals surface area contributed by atoms with E-state index >= 15 is 0 Å². The normalized spacial score (nSPS) is 20.5. The number of hydrogen-bond acceptors (Lipinski definition) is 6. The number of nitriles is 1. The van der Waals surface area contributed by atoms with Gasteiger partial charge in [0.1, 0.15) is 0 Å². The van der Waals surface area contributed by atoms with E-state index in [4.69, 9.17) is 14.7 Å². The lowest BCUT2D eigenvalue weighted by molar-refractivity contribution is -0.145. The van der Waals surface area contributed by atoms with Crippen LogP contribution >= 0.6 is 0 Å². The molecule has 34 heavy (non-hydrogen) atoms. The number of nitrogens with zero attached hydrogens (tertiary/aromatic N) is 3. The van der Waals surface area contributed by atoms with Crippen molar-refractivity contribution in [3.63, 3.8) is 0 Å². The summed E-state index contributed by atoms with van der Waals surface area (Å²) in [6.45, 7) is 4.56. The number of hydrogen-bond donors (Lipinski definition) is 1. The zero-order valence-electron chi connectivity index (χ0n) is 18.9. The second kappa shape index (κ2) is 11.4. The lowest BCUT2D eigenvalue weighted by Crippen LogP contribution is -2.60. The van der Waals surface area contributed by atoms with E-state index in [9.17, 15) is 13.6 Å². The summed E-state index contributed by atoms with van der Waals surface area (Å²) >= 11 is 0. The van der Waals surface area contributed by atoms with Gasteiger partial charge < -0.3 is 14.8 Å². The van der Waals surface area contributed by atoms with Gasteiger partial charge in [-0.2, -0.15) is 5.26 Å². The van der Waals surface area contributed by atoms with Crippen LogP contribution in [-0.2, 0) is 16.1 Å². The standard InChI is InChI=1S/C25H28F2N4O3/c26-22-3-1-4-23(27)25(22)33-10-2-9-30-13-20-15-31(16-21(14-30)34-20)17-24(32)29-12-19-7-5-18(11-28)6-8-19/h1,3-8,20-21H,2,9-10,12-17H2,(H,29,32). The number of benzene rings is 2. The summed E-state index contributed by atoms with van der Waals surface area (Å²) in [6.07, 6.45) is 0.682. The van der Waals surface area contributed by atoms with E-state index in [-0.39, 0.29) is 30.5 Å². The van der Waals surface area contributed by atoms with Crippen LogP contribution in [0.5, 0.6) is 5.75 Å². The Labute approximate surface area is 197 Å². The molecule has 0 saturated carbocycles. The highest BCUT2D eigenvalue weighted by atomic mass is 19.1. The lowest BCUT2D eigenvalue weighted by Gasteiger charge is -2.45. The van der Waals surface area contributed by atoms with Gasteiger partial charge in [-0.15, -0.1) is 0 Å². The van der Waals surface area contributed by atoms with E-state index in [2.05, 4.69) is 21.2 Å². The number of rotatable bonds is 9. The average molecular weight is 471 g/mol. The minimum Gasteiger partial charge on any atom is -0.488 e. The molecule has 2 atom stereocenters. The molecular weight excluding hydrogens is 442 g/mol. The molecular formula is C25H28F2N4O3. The van der Waals surface area contributed by atoms with Gasteiger partial charge in [0.05, 0.1) is 37.0 Å². The van der Waals surface area contributed by atoms with Crippen molar-refractivity contribution in [2.24, 2.45) is 0 Å². The van der Waals surface area contributed by atoms with Crippen molar-refractivity contribution in [3.05, 3.63) is 65.2 Å². The fourth-order valence-corrected chi connectivity index (χ4v) is 4.41. The molecule has 2 heterocycles. The summed E-state index contributed by atoms with van der Waals surface area (Å²) in [5.41, 5.74) is 1.54. The van der Waals surface area contributed by atoms with E-state index in [1.165, 1.54) is 18.2 Å². The van der Waals surface area contributed by atoms with Crippen molar-refractivity contribution in [1.82, 2.24) is 15.1 Å². The summed E-state index contributed by atoms with van der Waals surface area (Å²) in [5, 5.41) is 11.8. The molecule has 2 saturated heterocycles. The molecule has 2 unspecified atom stereocenters. The molecule has 0 radical (unpaired) electrons. The van der Waals surface area contributed by atoms with Crippen molar-refractivity contribution < 1.29 is 23.0 Å². The van der Waals surface area contributed by atoms with Crippen LogP contribution in [0.4, 0.5) is 8.78 Å². The van der Waals surface area contributed by atoms with Crippen LogP contribution in [0.3, 0.4) is 0 Å². The number of para-hydroxylation sites is 1. The lowest BCUT2D eigenvalue weighted by atomic mass is 10.1. The fraction of sp³-hybridized carbons (Fsp3) is 0.440. The van der Waals surface area contributed by atoms with Crippen molar-refractivity contribution in [1.29, 1.82) is 5.26 Å². The molecule has 0 aliphatic carbocycles. The first-order valence-corrected chi connectivity index (χ1v) is 11.4. The molecule has 4 rings (SSSR count). The van der Waals surface area contributed by atoms with Gasteiger partial charge in [0, 0.05) is 39.3 Å². The number of amides is 1. The topological polar surface area (TPSA) is 77.8 Å². The van der Waals surface area contributed by atoms with Crippen LogP contribution < -0.4 is 10.1 Å². The Balaban J connectivity index is 1.16. The smallest absolute Gasteiger partial charge is 0.234 e. The van der Waals surface area contributed by atoms with Gasteiger partial charge in [-0.3, -0.25) is 14.6 Å². The molecule has 0 aromatic heterocycles. The van der Waals surface area contributed by atoms with Crippen LogP contribution in [-0.4, -0.2) is 73.8 Å². The van der Waals surface area contributed by atoms with Crippen molar-refractivity contribution in [2.45, 2.75) is 25.2 Å². The van der Waals surface area contributed by atoms with Gasteiger partial charge >= 0.3 is 0 Å². The Morgan fingerprint density at radius 2 is 1.71 bits per heavy atom. The van der Waals surface area contributed by atoms with Gasteiger partial charge in [0.2, 0.25) is 5.91 Å². The first-order chi connectivity index (χ1) is 16.5. The van der Waals surface area contributed by atoms with Crippen LogP contribution in [0.25, 0.3) is 0 Å². The first-order valence-electron chi connectivity index (χ1n) is 11.4. The van der Waals surface area contributed by atoms with Gasteiger partial charge in [-0.1, -0.05) is 18.2 Å². The van der Waals surface area contributed by atoms with Crippen molar-refractivity contribution in [2.75, 3.05) is 45.9 Å². The number of nitrogens with one attached hydrogen (secondary N) is 1. The molecule has 2 aliphatic rings. The molecule has 2 aromatic carbocycles. The van der Waals surface area contributed by atoms with Gasteiger partial charge in [0.15, 0.2) is 17.4 Å². The second-order valence-corrected chi connectivity index (χ2v) is 8.67. The first kappa shape index (κ1) is 24.1. The minimum atomic E-state index is -0.693.